The first-order valence-corrected chi connectivity index (χ1v) is 18.8. The van der Waals surface area contributed by atoms with Gasteiger partial charge in [-0.2, -0.15) is 0 Å². The van der Waals surface area contributed by atoms with E-state index in [0.717, 1.165) is 48.3 Å². The average molecular weight is 699 g/mol. The first kappa shape index (κ1) is 29.4. The molecule has 0 spiro atoms. The van der Waals surface area contributed by atoms with Gasteiger partial charge in [0.15, 0.2) is 17.5 Å². The van der Waals surface area contributed by atoms with E-state index in [1.807, 2.05) is 6.07 Å². The molecule has 4 nitrogen and oxygen atoms in total. The molecule has 52 heavy (non-hydrogen) atoms. The standard InChI is InChI=1S/C46H26N4S2/c1-2-13-30(14-3-1)46-47-37-26-36(41-40(42(37)52-46)39-35-17-9-8-12-29(35)22-23-38(39)51-41)45-49-43(33-20-18-27-10-4-6-15-31(27)24-33)48-44(50-45)34-21-19-28-11-5-7-16-32(28)25-34/h1-26H. The number of thiazole rings is 1. The Morgan fingerprint density at radius 1 is 0.365 bits per heavy atom. The van der Waals surface area contributed by atoms with E-state index in [2.05, 4.69) is 152 Å². The van der Waals surface area contributed by atoms with Gasteiger partial charge in [-0.1, -0.05) is 133 Å². The van der Waals surface area contributed by atoms with Crippen LogP contribution < -0.4 is 0 Å². The number of thiophene rings is 1. The number of fused-ring (bicyclic) bond motifs is 9. The second kappa shape index (κ2) is 11.6. The summed E-state index contributed by atoms with van der Waals surface area (Å²) in [6, 6.07) is 55.5. The van der Waals surface area contributed by atoms with Crippen molar-refractivity contribution in [3.8, 4) is 44.7 Å². The Kier molecular flexibility index (Phi) is 6.56. The molecule has 242 valence electrons. The number of aromatic nitrogens is 4. The molecular weight excluding hydrogens is 673 g/mol. The Labute approximate surface area is 306 Å². The van der Waals surface area contributed by atoms with Crippen molar-refractivity contribution in [1.82, 2.24) is 19.9 Å². The molecule has 11 rings (SSSR count). The van der Waals surface area contributed by atoms with E-state index in [1.165, 1.54) is 41.7 Å². The van der Waals surface area contributed by atoms with Crippen molar-refractivity contribution in [2.45, 2.75) is 0 Å². The molecule has 0 N–H and O–H groups in total. The van der Waals surface area contributed by atoms with E-state index < -0.39 is 0 Å². The highest BCUT2D eigenvalue weighted by Gasteiger charge is 2.22. The molecule has 8 aromatic carbocycles. The van der Waals surface area contributed by atoms with E-state index in [1.54, 1.807) is 22.7 Å². The van der Waals surface area contributed by atoms with Crippen molar-refractivity contribution in [2.24, 2.45) is 0 Å². The molecule has 0 aliphatic rings. The third-order valence-corrected chi connectivity index (χ3v) is 12.2. The number of benzene rings is 8. The summed E-state index contributed by atoms with van der Waals surface area (Å²) in [4.78, 5) is 21.0. The summed E-state index contributed by atoms with van der Waals surface area (Å²) >= 11 is 3.56. The monoisotopic (exact) mass is 698 g/mol. The van der Waals surface area contributed by atoms with Gasteiger partial charge in [-0.25, -0.2) is 19.9 Å². The van der Waals surface area contributed by atoms with E-state index >= 15 is 0 Å². The van der Waals surface area contributed by atoms with Crippen molar-refractivity contribution >= 4 is 85.4 Å². The minimum Gasteiger partial charge on any atom is -0.236 e. The Morgan fingerprint density at radius 3 is 1.63 bits per heavy atom. The molecule has 3 heterocycles. The lowest BCUT2D eigenvalue weighted by Crippen LogP contribution is -2.00. The van der Waals surface area contributed by atoms with E-state index in [4.69, 9.17) is 19.9 Å². The number of rotatable bonds is 4. The lowest BCUT2D eigenvalue weighted by atomic mass is 10.0. The van der Waals surface area contributed by atoms with Gasteiger partial charge in [0.05, 0.1) is 10.2 Å². The first-order valence-electron chi connectivity index (χ1n) is 17.2. The molecule has 0 fully saturated rings. The average Bonchev–Trinajstić information content (AvgIpc) is 3.83. The summed E-state index contributed by atoms with van der Waals surface area (Å²) in [6.07, 6.45) is 0. The fraction of sp³-hybridized carbons (Fsp3) is 0. The molecule has 11 aromatic rings. The molecule has 0 amide bonds. The van der Waals surface area contributed by atoms with Crippen LogP contribution >= 0.6 is 22.7 Å². The highest BCUT2D eigenvalue weighted by molar-refractivity contribution is 7.28. The Balaban J connectivity index is 1.23. The lowest BCUT2D eigenvalue weighted by Gasteiger charge is -2.11. The Morgan fingerprint density at radius 2 is 0.942 bits per heavy atom. The maximum absolute atomic E-state index is 5.28. The van der Waals surface area contributed by atoms with Crippen LogP contribution in [-0.2, 0) is 0 Å². The zero-order valence-electron chi connectivity index (χ0n) is 27.6. The lowest BCUT2D eigenvalue weighted by molar-refractivity contribution is 1.08. The topological polar surface area (TPSA) is 51.6 Å². The molecule has 0 bridgehead atoms. The predicted molar refractivity (Wildman–Crippen MR) is 220 cm³/mol. The van der Waals surface area contributed by atoms with Gasteiger partial charge in [-0.05, 0) is 56.6 Å². The van der Waals surface area contributed by atoms with Crippen LogP contribution in [0.2, 0.25) is 0 Å². The van der Waals surface area contributed by atoms with Crippen molar-refractivity contribution in [3.63, 3.8) is 0 Å². The molecule has 0 atom stereocenters. The Hall–Kier alpha value is -6.34. The van der Waals surface area contributed by atoms with Crippen LogP contribution in [0.1, 0.15) is 0 Å². The summed E-state index contributed by atoms with van der Waals surface area (Å²) in [5, 5.41) is 10.6. The summed E-state index contributed by atoms with van der Waals surface area (Å²) < 4.78 is 3.57. The SMILES string of the molecule is c1ccc(-c2nc3cc(-c4nc(-c5ccc6ccccc6c5)nc(-c5ccc6ccccc6c5)n4)c4sc5ccc6ccccc6c5c4c3s2)cc1. The van der Waals surface area contributed by atoms with Crippen LogP contribution in [0.15, 0.2) is 158 Å². The maximum Gasteiger partial charge on any atom is 0.165 e. The summed E-state index contributed by atoms with van der Waals surface area (Å²) in [5.41, 5.74) is 4.91. The number of hydrogen-bond donors (Lipinski definition) is 0. The van der Waals surface area contributed by atoms with Gasteiger partial charge in [0, 0.05) is 42.4 Å². The molecule has 0 saturated carbocycles. The normalized spacial score (nSPS) is 11.8. The molecule has 0 unspecified atom stereocenters. The first-order chi connectivity index (χ1) is 25.7. The molecule has 0 saturated heterocycles. The second-order valence-corrected chi connectivity index (χ2v) is 15.1. The maximum atomic E-state index is 5.28. The van der Waals surface area contributed by atoms with Gasteiger partial charge < -0.3 is 0 Å². The van der Waals surface area contributed by atoms with Gasteiger partial charge in [0.1, 0.15) is 5.01 Å². The van der Waals surface area contributed by atoms with Crippen molar-refractivity contribution < 1.29 is 0 Å². The van der Waals surface area contributed by atoms with Crippen LogP contribution in [0.5, 0.6) is 0 Å². The smallest absolute Gasteiger partial charge is 0.165 e. The van der Waals surface area contributed by atoms with Gasteiger partial charge in [-0.15, -0.1) is 22.7 Å². The summed E-state index contributed by atoms with van der Waals surface area (Å²) in [5.74, 6) is 1.92. The molecule has 0 aliphatic carbocycles. The van der Waals surface area contributed by atoms with E-state index in [0.29, 0.717) is 17.5 Å². The van der Waals surface area contributed by atoms with Gasteiger partial charge in [-0.3, -0.25) is 0 Å². The minimum absolute atomic E-state index is 0.637. The Bertz CT molecular complexity index is 3100. The third kappa shape index (κ3) is 4.73. The molecule has 0 aliphatic heterocycles. The van der Waals surface area contributed by atoms with Crippen LogP contribution in [-0.4, -0.2) is 19.9 Å². The van der Waals surface area contributed by atoms with Gasteiger partial charge in [0.25, 0.3) is 0 Å². The fourth-order valence-corrected chi connectivity index (χ4v) is 9.78. The third-order valence-electron chi connectivity index (χ3n) is 9.90. The zero-order chi connectivity index (χ0) is 34.2. The second-order valence-electron chi connectivity index (χ2n) is 13.1. The highest BCUT2D eigenvalue weighted by Crippen LogP contribution is 2.48. The summed E-state index contributed by atoms with van der Waals surface area (Å²) in [6.45, 7) is 0. The minimum atomic E-state index is 0.637. The number of nitrogens with zero attached hydrogens (tertiary/aromatic N) is 4. The van der Waals surface area contributed by atoms with Crippen molar-refractivity contribution in [3.05, 3.63) is 158 Å². The van der Waals surface area contributed by atoms with Gasteiger partial charge >= 0.3 is 0 Å². The van der Waals surface area contributed by atoms with Gasteiger partial charge in [0.2, 0.25) is 0 Å². The summed E-state index contributed by atoms with van der Waals surface area (Å²) in [7, 11) is 0. The molecule has 0 radical (unpaired) electrons. The zero-order valence-corrected chi connectivity index (χ0v) is 29.2. The number of hydrogen-bond acceptors (Lipinski definition) is 6. The van der Waals surface area contributed by atoms with Crippen LogP contribution in [0.4, 0.5) is 0 Å². The van der Waals surface area contributed by atoms with Crippen LogP contribution in [0.3, 0.4) is 0 Å². The van der Waals surface area contributed by atoms with E-state index in [9.17, 15) is 0 Å². The quantitative estimate of drug-likeness (QED) is 0.184. The van der Waals surface area contributed by atoms with Crippen molar-refractivity contribution in [2.75, 3.05) is 0 Å². The van der Waals surface area contributed by atoms with Crippen LogP contribution in [0, 0.1) is 0 Å². The largest absolute Gasteiger partial charge is 0.236 e. The predicted octanol–water partition coefficient (Wildman–Crippen LogP) is 13.0. The molecular formula is C46H26N4S2. The molecule has 3 aromatic heterocycles. The fourth-order valence-electron chi connectivity index (χ4n) is 7.37. The highest BCUT2D eigenvalue weighted by atomic mass is 32.1. The molecule has 6 heteroatoms. The van der Waals surface area contributed by atoms with Crippen LogP contribution in [0.25, 0.3) is 107 Å². The van der Waals surface area contributed by atoms with E-state index in [-0.39, 0.29) is 0 Å². The van der Waals surface area contributed by atoms with Crippen molar-refractivity contribution in [1.29, 1.82) is 0 Å².